The van der Waals surface area contributed by atoms with E-state index in [1.165, 1.54) is 0 Å². The second-order valence-corrected chi connectivity index (χ2v) is 6.20. The van der Waals surface area contributed by atoms with Crippen LogP contribution in [0, 0.1) is 0 Å². The Hall–Kier alpha value is -1.55. The van der Waals surface area contributed by atoms with Gasteiger partial charge in [-0.1, -0.05) is 12.1 Å². The van der Waals surface area contributed by atoms with Gasteiger partial charge in [0, 0.05) is 45.3 Å². The molecule has 20 heavy (non-hydrogen) atoms. The summed E-state index contributed by atoms with van der Waals surface area (Å²) in [4.78, 5) is 16.0. The number of carbonyl (C=O) groups excluding carboxylic acids is 1. The lowest BCUT2D eigenvalue weighted by molar-refractivity contribution is -0.132. The van der Waals surface area contributed by atoms with Gasteiger partial charge in [-0.25, -0.2) is 0 Å². The molecule has 0 atom stereocenters. The van der Waals surface area contributed by atoms with Gasteiger partial charge in [0.05, 0.1) is 0 Å². The second kappa shape index (κ2) is 5.83. The third-order valence-electron chi connectivity index (χ3n) is 4.15. The highest BCUT2D eigenvalue weighted by Crippen LogP contribution is 2.32. The highest BCUT2D eigenvalue weighted by molar-refractivity contribution is 5.77. The van der Waals surface area contributed by atoms with Gasteiger partial charge in [-0.2, -0.15) is 0 Å². The maximum atomic E-state index is 12.2. The van der Waals surface area contributed by atoms with Crippen LogP contribution in [0.3, 0.4) is 0 Å². The molecule has 0 aliphatic heterocycles. The molecule has 0 saturated heterocycles. The van der Waals surface area contributed by atoms with Gasteiger partial charge in [-0.05, 0) is 37.0 Å². The fourth-order valence-corrected chi connectivity index (χ4v) is 2.51. The lowest BCUT2D eigenvalue weighted by Gasteiger charge is -2.38. The molecule has 1 aromatic rings. The Morgan fingerprint density at radius 2 is 1.80 bits per heavy atom. The normalized spacial score (nSPS) is 16.4. The number of hydrogen-bond acceptors (Lipinski definition) is 3. The molecule has 4 heteroatoms. The van der Waals surface area contributed by atoms with Gasteiger partial charge in [-0.15, -0.1) is 0 Å². The smallest absolute Gasteiger partial charge is 0.224 e. The number of nitrogens with zero attached hydrogens (tertiary/aromatic N) is 2. The Labute approximate surface area is 121 Å². The van der Waals surface area contributed by atoms with E-state index in [9.17, 15) is 4.79 Å². The third-order valence-corrected chi connectivity index (χ3v) is 4.15. The molecule has 1 saturated carbocycles. The molecule has 2 rings (SSSR count). The van der Waals surface area contributed by atoms with Crippen LogP contribution in [0.25, 0.3) is 0 Å². The molecule has 0 unspecified atom stereocenters. The molecule has 1 amide bonds. The second-order valence-electron chi connectivity index (χ2n) is 6.20. The minimum absolute atomic E-state index is 0.142. The summed E-state index contributed by atoms with van der Waals surface area (Å²) in [5.41, 5.74) is 8.21. The zero-order chi connectivity index (χ0) is 14.8. The Bertz CT molecular complexity index is 463. The van der Waals surface area contributed by atoms with Gasteiger partial charge in [0.25, 0.3) is 0 Å². The van der Waals surface area contributed by atoms with Crippen molar-refractivity contribution in [3.63, 3.8) is 0 Å². The minimum Gasteiger partial charge on any atom is -0.378 e. The molecule has 0 radical (unpaired) electrons. The molecule has 110 valence electrons. The van der Waals surface area contributed by atoms with Crippen molar-refractivity contribution in [2.75, 3.05) is 26.0 Å². The molecule has 1 fully saturated rings. The van der Waals surface area contributed by atoms with Gasteiger partial charge in [0.15, 0.2) is 0 Å². The summed E-state index contributed by atoms with van der Waals surface area (Å²) in [7, 11) is 5.89. The van der Waals surface area contributed by atoms with Gasteiger partial charge in [0.1, 0.15) is 0 Å². The Kier molecular flexibility index (Phi) is 4.33. The van der Waals surface area contributed by atoms with E-state index in [1.54, 1.807) is 4.90 Å². The maximum Gasteiger partial charge on any atom is 0.224 e. The van der Waals surface area contributed by atoms with E-state index in [0.29, 0.717) is 13.0 Å². The number of rotatable bonds is 5. The van der Waals surface area contributed by atoms with Gasteiger partial charge in [-0.3, -0.25) is 4.79 Å². The van der Waals surface area contributed by atoms with Crippen molar-refractivity contribution in [3.8, 4) is 0 Å². The predicted octanol–water partition coefficient (Wildman–Crippen LogP) is 1.98. The molecule has 0 heterocycles. The highest BCUT2D eigenvalue weighted by Gasteiger charge is 2.35. The molecular weight excluding hydrogens is 250 g/mol. The molecule has 4 nitrogen and oxygen atoms in total. The molecule has 0 bridgehead atoms. The van der Waals surface area contributed by atoms with Crippen LogP contribution in [0.2, 0.25) is 0 Å². The van der Waals surface area contributed by atoms with Gasteiger partial charge >= 0.3 is 0 Å². The summed E-state index contributed by atoms with van der Waals surface area (Å²) in [6, 6.07) is 8.29. The Morgan fingerprint density at radius 3 is 2.25 bits per heavy atom. The fraction of sp³-hybridized carbons (Fsp3) is 0.562. The zero-order valence-corrected chi connectivity index (χ0v) is 12.7. The third kappa shape index (κ3) is 3.51. The number of hydrogen-bond donors (Lipinski definition) is 1. The Morgan fingerprint density at radius 1 is 1.20 bits per heavy atom. The number of anilines is 1. The van der Waals surface area contributed by atoms with Crippen molar-refractivity contribution < 1.29 is 4.79 Å². The lowest BCUT2D eigenvalue weighted by atomic mass is 9.75. The summed E-state index contributed by atoms with van der Waals surface area (Å²) in [6.45, 7) is 0.641. The summed E-state index contributed by atoms with van der Waals surface area (Å²) in [6.07, 6.45) is 3.58. The van der Waals surface area contributed by atoms with Crippen molar-refractivity contribution in [3.05, 3.63) is 29.8 Å². The van der Waals surface area contributed by atoms with Crippen LogP contribution in [0.5, 0.6) is 0 Å². The minimum atomic E-state index is -0.236. The first-order valence-corrected chi connectivity index (χ1v) is 7.19. The van der Waals surface area contributed by atoms with Crippen LogP contribution in [-0.2, 0) is 11.3 Å². The number of nitrogens with two attached hydrogens (primary N) is 1. The number of benzene rings is 1. The molecule has 0 spiro atoms. The molecule has 1 aliphatic rings. The van der Waals surface area contributed by atoms with E-state index in [4.69, 9.17) is 5.73 Å². The Balaban J connectivity index is 1.90. The van der Waals surface area contributed by atoms with Crippen LogP contribution < -0.4 is 10.6 Å². The molecule has 1 aromatic carbocycles. The van der Waals surface area contributed by atoms with Crippen molar-refractivity contribution in [2.45, 2.75) is 37.8 Å². The van der Waals surface area contributed by atoms with Crippen LogP contribution in [0.1, 0.15) is 31.2 Å². The first kappa shape index (κ1) is 14.9. The number of carbonyl (C=O) groups is 1. The van der Waals surface area contributed by atoms with E-state index in [-0.39, 0.29) is 11.4 Å². The maximum absolute atomic E-state index is 12.2. The van der Waals surface area contributed by atoms with E-state index < -0.39 is 0 Å². The first-order chi connectivity index (χ1) is 9.39. The topological polar surface area (TPSA) is 49.6 Å². The van der Waals surface area contributed by atoms with Crippen molar-refractivity contribution in [1.82, 2.24) is 4.90 Å². The summed E-state index contributed by atoms with van der Waals surface area (Å²) in [5.74, 6) is 0.142. The summed E-state index contributed by atoms with van der Waals surface area (Å²) >= 11 is 0. The summed E-state index contributed by atoms with van der Waals surface area (Å²) < 4.78 is 0. The van der Waals surface area contributed by atoms with Crippen molar-refractivity contribution in [1.29, 1.82) is 0 Å². The van der Waals surface area contributed by atoms with Gasteiger partial charge in [0.2, 0.25) is 5.91 Å². The lowest BCUT2D eigenvalue weighted by Crippen LogP contribution is -2.50. The monoisotopic (exact) mass is 275 g/mol. The number of amides is 1. The predicted molar refractivity (Wildman–Crippen MR) is 82.6 cm³/mol. The average molecular weight is 275 g/mol. The SMILES string of the molecule is CN(Cc1ccc(N(C)C)cc1)C(=O)CC1(N)CCC1. The van der Waals surface area contributed by atoms with Gasteiger partial charge < -0.3 is 15.5 Å². The summed E-state index contributed by atoms with van der Waals surface area (Å²) in [5, 5.41) is 0. The zero-order valence-electron chi connectivity index (χ0n) is 12.7. The first-order valence-electron chi connectivity index (χ1n) is 7.19. The van der Waals surface area contributed by atoms with E-state index in [0.717, 1.165) is 30.5 Å². The van der Waals surface area contributed by atoms with E-state index in [2.05, 4.69) is 29.2 Å². The molecule has 2 N–H and O–H groups in total. The molecule has 0 aromatic heterocycles. The molecular formula is C16H25N3O. The quantitative estimate of drug-likeness (QED) is 0.894. The largest absolute Gasteiger partial charge is 0.378 e. The fourth-order valence-electron chi connectivity index (χ4n) is 2.51. The standard InChI is InChI=1S/C16H25N3O/c1-18(2)14-7-5-13(6-8-14)12-19(3)15(20)11-16(17)9-4-10-16/h5-8H,4,9-12,17H2,1-3H3. The van der Waals surface area contributed by atoms with E-state index >= 15 is 0 Å². The van der Waals surface area contributed by atoms with Crippen molar-refractivity contribution >= 4 is 11.6 Å². The van der Waals surface area contributed by atoms with Crippen molar-refractivity contribution in [2.24, 2.45) is 5.73 Å². The van der Waals surface area contributed by atoms with Crippen LogP contribution in [0.4, 0.5) is 5.69 Å². The molecule has 1 aliphatic carbocycles. The van der Waals surface area contributed by atoms with E-state index in [1.807, 2.05) is 21.1 Å². The van der Waals surface area contributed by atoms with Crippen LogP contribution in [0.15, 0.2) is 24.3 Å². The average Bonchev–Trinajstić information content (AvgIpc) is 2.37. The van der Waals surface area contributed by atoms with Crippen LogP contribution >= 0.6 is 0 Å². The van der Waals surface area contributed by atoms with Crippen LogP contribution in [-0.4, -0.2) is 37.5 Å². The highest BCUT2D eigenvalue weighted by atomic mass is 16.2.